The summed E-state index contributed by atoms with van der Waals surface area (Å²) in [6.07, 6.45) is 11.0. The Balaban J connectivity index is 1.36. The van der Waals surface area contributed by atoms with Crippen molar-refractivity contribution in [2.45, 2.75) is 82.0 Å². The number of aromatic nitrogens is 2. The van der Waals surface area contributed by atoms with Crippen molar-refractivity contribution < 1.29 is 19.5 Å². The number of oxime groups is 1. The Kier molecular flexibility index (Phi) is 6.75. The van der Waals surface area contributed by atoms with Gasteiger partial charge in [-0.1, -0.05) is 43.0 Å². The second-order valence-electron chi connectivity index (χ2n) is 11.3. The van der Waals surface area contributed by atoms with Crippen molar-refractivity contribution in [1.29, 1.82) is 0 Å². The number of rotatable bonds is 5. The summed E-state index contributed by atoms with van der Waals surface area (Å²) < 4.78 is 7.82. The second kappa shape index (κ2) is 10.2. The highest BCUT2D eigenvalue weighted by molar-refractivity contribution is 6.41. The normalized spacial score (nSPS) is 32.6. The van der Waals surface area contributed by atoms with Crippen LogP contribution in [0.4, 0.5) is 0 Å². The number of hydrogen-bond donors (Lipinski definition) is 1. The first-order valence-corrected chi connectivity index (χ1v) is 13.7. The maximum atomic E-state index is 13.8. The van der Waals surface area contributed by atoms with Crippen molar-refractivity contribution in [3.05, 3.63) is 40.3 Å². The van der Waals surface area contributed by atoms with Crippen molar-refractivity contribution in [2.75, 3.05) is 20.3 Å². The standard InChI is InChI=1S/C28H36N4O5/c1-36-30-26(28(34)35)25-27(33)32(24-9-5-4-8-23(24)29-25)20-13-21-15-37-16-22(14-20)31(21)19-11-17-6-2-3-7-18(10-17)12-19/h4-5,8-9,17-22H,2-3,6-7,10-16H2,1H3,(H,34,35)/b30-26-/t17-,18+,19?,20?,21-,22+. The van der Waals surface area contributed by atoms with E-state index >= 15 is 0 Å². The van der Waals surface area contributed by atoms with Gasteiger partial charge < -0.3 is 19.2 Å². The highest BCUT2D eigenvalue weighted by Gasteiger charge is 2.46. The number of ether oxygens (including phenoxy) is 1. The third-order valence-electron chi connectivity index (χ3n) is 9.10. The average molecular weight is 509 g/mol. The molecule has 2 unspecified atom stereocenters. The molecule has 9 heteroatoms. The minimum Gasteiger partial charge on any atom is -0.476 e. The van der Waals surface area contributed by atoms with Gasteiger partial charge in [0.25, 0.3) is 5.56 Å². The van der Waals surface area contributed by atoms with Crippen LogP contribution in [0, 0.1) is 11.8 Å². The maximum absolute atomic E-state index is 13.8. The summed E-state index contributed by atoms with van der Waals surface area (Å²) in [5, 5.41) is 13.4. The molecule has 2 saturated carbocycles. The van der Waals surface area contributed by atoms with Gasteiger partial charge >= 0.3 is 5.97 Å². The zero-order chi connectivity index (χ0) is 25.5. The van der Waals surface area contributed by atoms with E-state index in [1.165, 1.54) is 52.1 Å². The van der Waals surface area contributed by atoms with E-state index in [0.29, 0.717) is 24.8 Å². The number of carboxylic acid groups (broad SMARTS) is 1. The molecule has 0 radical (unpaired) electrons. The smallest absolute Gasteiger partial charge is 0.360 e. The number of para-hydroxylation sites is 2. The van der Waals surface area contributed by atoms with Crippen molar-refractivity contribution in [3.8, 4) is 0 Å². The topological polar surface area (TPSA) is 106 Å². The molecule has 2 saturated heterocycles. The first kappa shape index (κ1) is 24.6. The van der Waals surface area contributed by atoms with E-state index in [1.54, 1.807) is 4.57 Å². The molecule has 0 spiro atoms. The lowest BCUT2D eigenvalue weighted by Gasteiger charge is -2.54. The lowest BCUT2D eigenvalue weighted by molar-refractivity contribution is -0.129. The molecule has 9 nitrogen and oxygen atoms in total. The predicted octanol–water partition coefficient (Wildman–Crippen LogP) is 3.59. The molecule has 2 aromatic rings. The number of nitrogens with zero attached hydrogens (tertiary/aromatic N) is 4. The first-order valence-electron chi connectivity index (χ1n) is 13.7. The van der Waals surface area contributed by atoms with Gasteiger partial charge in [0.2, 0.25) is 5.71 Å². The molecule has 1 aromatic carbocycles. The largest absolute Gasteiger partial charge is 0.476 e. The molecule has 0 amide bonds. The molecule has 4 fully saturated rings. The number of morpholine rings is 1. The van der Waals surface area contributed by atoms with Gasteiger partial charge in [-0.15, -0.1) is 0 Å². The third-order valence-corrected chi connectivity index (χ3v) is 9.10. The van der Waals surface area contributed by atoms with E-state index < -0.39 is 17.2 Å². The molecule has 198 valence electrons. The van der Waals surface area contributed by atoms with E-state index in [2.05, 4.69) is 15.0 Å². The van der Waals surface area contributed by atoms with Gasteiger partial charge in [-0.3, -0.25) is 9.69 Å². The monoisotopic (exact) mass is 508 g/mol. The molecule has 4 aliphatic rings. The van der Waals surface area contributed by atoms with Crippen LogP contribution in [0.25, 0.3) is 11.0 Å². The summed E-state index contributed by atoms with van der Waals surface area (Å²) in [4.78, 5) is 37.7. The number of aliphatic carboxylic acids is 1. The summed E-state index contributed by atoms with van der Waals surface area (Å²) in [6, 6.07) is 8.45. The minimum atomic E-state index is -1.34. The maximum Gasteiger partial charge on any atom is 0.360 e. The number of fused-ring (bicyclic) bond motifs is 5. The fourth-order valence-electron chi connectivity index (χ4n) is 7.78. The van der Waals surface area contributed by atoms with Crippen LogP contribution in [0.5, 0.6) is 0 Å². The molecule has 2 aliphatic carbocycles. The Morgan fingerprint density at radius 1 is 1.00 bits per heavy atom. The molecule has 6 atom stereocenters. The number of benzene rings is 1. The Bertz CT molecular complexity index is 1230. The Morgan fingerprint density at radius 3 is 2.32 bits per heavy atom. The van der Waals surface area contributed by atoms with Crippen molar-refractivity contribution in [1.82, 2.24) is 14.5 Å². The van der Waals surface area contributed by atoms with Crippen molar-refractivity contribution in [3.63, 3.8) is 0 Å². The van der Waals surface area contributed by atoms with Gasteiger partial charge in [0.05, 0.1) is 24.2 Å². The lowest BCUT2D eigenvalue weighted by atomic mass is 9.75. The SMILES string of the molecule is CO/N=C(\C(=O)O)c1nc2ccccc2n(C2C[C@H]3COC[C@@H](C2)N3C2C[C@H]3CCCC[C@@H](C2)C3)c1=O. The van der Waals surface area contributed by atoms with Gasteiger partial charge in [0, 0.05) is 24.2 Å². The van der Waals surface area contributed by atoms with Crippen LogP contribution < -0.4 is 5.56 Å². The molecule has 1 aromatic heterocycles. The van der Waals surface area contributed by atoms with Crippen LogP contribution in [0.3, 0.4) is 0 Å². The number of piperidine rings is 1. The zero-order valence-electron chi connectivity index (χ0n) is 21.4. The number of carboxylic acids is 1. The number of carbonyl (C=O) groups is 1. The first-order chi connectivity index (χ1) is 18.0. The van der Waals surface area contributed by atoms with Gasteiger partial charge in [0.1, 0.15) is 7.11 Å². The van der Waals surface area contributed by atoms with Crippen LogP contribution in [0.2, 0.25) is 0 Å². The van der Waals surface area contributed by atoms with E-state index in [0.717, 1.165) is 30.2 Å². The van der Waals surface area contributed by atoms with Gasteiger partial charge in [-0.2, -0.15) is 0 Å². The Morgan fingerprint density at radius 2 is 1.68 bits per heavy atom. The van der Waals surface area contributed by atoms with E-state index in [9.17, 15) is 14.7 Å². The predicted molar refractivity (Wildman–Crippen MR) is 139 cm³/mol. The molecule has 2 aliphatic heterocycles. The zero-order valence-corrected chi connectivity index (χ0v) is 21.4. The van der Waals surface area contributed by atoms with Crippen LogP contribution in [0.1, 0.15) is 69.5 Å². The second-order valence-corrected chi connectivity index (χ2v) is 11.3. The highest BCUT2D eigenvalue weighted by atomic mass is 16.6. The Labute approximate surface area is 216 Å². The molecule has 3 heterocycles. The van der Waals surface area contributed by atoms with Crippen molar-refractivity contribution >= 4 is 22.7 Å². The minimum absolute atomic E-state index is 0.0715. The summed E-state index contributed by atoms with van der Waals surface area (Å²) in [5.41, 5.74) is 0.200. The van der Waals surface area contributed by atoms with E-state index in [1.807, 2.05) is 24.3 Å². The summed E-state index contributed by atoms with van der Waals surface area (Å²) in [6.45, 7) is 1.35. The van der Waals surface area contributed by atoms with E-state index in [-0.39, 0.29) is 23.8 Å². The lowest BCUT2D eigenvalue weighted by Crippen LogP contribution is -2.62. The average Bonchev–Trinajstić information content (AvgIpc) is 3.05. The van der Waals surface area contributed by atoms with Crippen LogP contribution >= 0.6 is 0 Å². The fraction of sp³-hybridized carbons (Fsp3) is 0.643. The quantitative estimate of drug-likeness (QED) is 0.486. The van der Waals surface area contributed by atoms with Gasteiger partial charge in [-0.25, -0.2) is 9.78 Å². The molecule has 4 bridgehead atoms. The van der Waals surface area contributed by atoms with E-state index in [4.69, 9.17) is 9.57 Å². The van der Waals surface area contributed by atoms with Crippen LogP contribution in [-0.4, -0.2) is 69.7 Å². The molecule has 1 N–H and O–H groups in total. The molecule has 6 rings (SSSR count). The molecule has 37 heavy (non-hydrogen) atoms. The third kappa shape index (κ3) is 4.56. The summed E-state index contributed by atoms with van der Waals surface area (Å²) in [5.74, 6) is 0.344. The molecular formula is C28H36N4O5. The Hall–Kier alpha value is -2.78. The van der Waals surface area contributed by atoms with Crippen molar-refractivity contribution in [2.24, 2.45) is 17.0 Å². The fourth-order valence-corrected chi connectivity index (χ4v) is 7.78. The van der Waals surface area contributed by atoms with Gasteiger partial charge in [0.15, 0.2) is 5.69 Å². The molecular weight excluding hydrogens is 472 g/mol. The summed E-state index contributed by atoms with van der Waals surface area (Å²) in [7, 11) is 1.26. The van der Waals surface area contributed by atoms with Crippen LogP contribution in [0.15, 0.2) is 34.2 Å². The van der Waals surface area contributed by atoms with Crippen LogP contribution in [-0.2, 0) is 14.4 Å². The van der Waals surface area contributed by atoms with Gasteiger partial charge in [-0.05, 0) is 56.1 Å². The number of hydrogen-bond acceptors (Lipinski definition) is 7. The highest BCUT2D eigenvalue weighted by Crippen LogP contribution is 2.44. The summed E-state index contributed by atoms with van der Waals surface area (Å²) >= 11 is 0.